The maximum Gasteiger partial charge on any atom is 0.233 e. The summed E-state index contributed by atoms with van der Waals surface area (Å²) in [5, 5.41) is 9.16. The minimum Gasteiger partial charge on any atom is -0.497 e. The number of hydrogen-bond donors (Lipinski definition) is 0. The summed E-state index contributed by atoms with van der Waals surface area (Å²) in [5.41, 5.74) is 0.930. The molecular weight excluding hydrogens is 438 g/mol. The first kappa shape index (κ1) is 23.6. The standard InChI is InChI=1S/C24H33N5O3S/c1-17-5-4-12-28(15-17)23(31)19-10-13-27(14-11-19)22(30)16-33-24-26-25-18(2)29(24)20-6-8-21(32-3)9-7-20/h6-9,17,19H,4-5,10-16H2,1-3H3. The lowest BCUT2D eigenvalue weighted by atomic mass is 9.93. The number of carbonyl (C=O) groups excluding carboxylic acids is 2. The number of carbonyl (C=O) groups is 2. The van der Waals surface area contributed by atoms with Crippen LogP contribution in [0.2, 0.25) is 0 Å². The number of ether oxygens (including phenoxy) is 1. The summed E-state index contributed by atoms with van der Waals surface area (Å²) in [5.74, 6) is 2.85. The van der Waals surface area contributed by atoms with E-state index in [9.17, 15) is 9.59 Å². The lowest BCUT2D eigenvalue weighted by Crippen LogP contribution is -2.47. The monoisotopic (exact) mass is 471 g/mol. The fourth-order valence-electron chi connectivity index (χ4n) is 4.71. The Labute approximate surface area is 199 Å². The highest BCUT2D eigenvalue weighted by Gasteiger charge is 2.31. The van der Waals surface area contributed by atoms with Crippen LogP contribution in [0.4, 0.5) is 0 Å². The van der Waals surface area contributed by atoms with Gasteiger partial charge in [-0.1, -0.05) is 18.7 Å². The molecule has 4 rings (SSSR count). The third-order valence-electron chi connectivity index (χ3n) is 6.62. The van der Waals surface area contributed by atoms with Crippen molar-refractivity contribution in [1.29, 1.82) is 0 Å². The molecule has 0 bridgehead atoms. The van der Waals surface area contributed by atoms with Crippen LogP contribution in [0.1, 0.15) is 38.4 Å². The Kier molecular flexibility index (Phi) is 7.57. The van der Waals surface area contributed by atoms with Gasteiger partial charge in [0.05, 0.1) is 12.9 Å². The fourth-order valence-corrected chi connectivity index (χ4v) is 5.61. The van der Waals surface area contributed by atoms with Gasteiger partial charge in [0, 0.05) is 37.8 Å². The van der Waals surface area contributed by atoms with Gasteiger partial charge in [0.2, 0.25) is 11.8 Å². The van der Waals surface area contributed by atoms with Crippen LogP contribution in [0.5, 0.6) is 5.75 Å². The molecule has 2 aliphatic heterocycles. The lowest BCUT2D eigenvalue weighted by Gasteiger charge is -2.37. The van der Waals surface area contributed by atoms with Gasteiger partial charge in [-0.15, -0.1) is 10.2 Å². The van der Waals surface area contributed by atoms with Crippen LogP contribution in [0.15, 0.2) is 29.4 Å². The molecule has 3 heterocycles. The lowest BCUT2D eigenvalue weighted by molar-refractivity contribution is -0.141. The van der Waals surface area contributed by atoms with Crippen LogP contribution in [0.25, 0.3) is 5.69 Å². The number of aromatic nitrogens is 3. The van der Waals surface area contributed by atoms with Gasteiger partial charge in [-0.25, -0.2) is 0 Å². The first-order chi connectivity index (χ1) is 16.0. The Morgan fingerprint density at radius 3 is 2.45 bits per heavy atom. The van der Waals surface area contributed by atoms with E-state index in [0.29, 0.717) is 29.9 Å². The van der Waals surface area contributed by atoms with Gasteiger partial charge in [-0.3, -0.25) is 14.2 Å². The maximum atomic E-state index is 12.9. The van der Waals surface area contributed by atoms with Gasteiger partial charge >= 0.3 is 0 Å². The minimum atomic E-state index is 0.0489. The molecule has 2 aliphatic rings. The molecule has 9 heteroatoms. The average molecular weight is 472 g/mol. The molecule has 1 unspecified atom stereocenters. The molecule has 0 N–H and O–H groups in total. The first-order valence-corrected chi connectivity index (χ1v) is 12.7. The Morgan fingerprint density at radius 1 is 1.06 bits per heavy atom. The molecule has 1 aromatic heterocycles. The van der Waals surface area contributed by atoms with Crippen LogP contribution >= 0.6 is 11.8 Å². The molecule has 2 fully saturated rings. The van der Waals surface area contributed by atoms with E-state index in [1.165, 1.54) is 18.2 Å². The first-order valence-electron chi connectivity index (χ1n) is 11.7. The normalized spacial score (nSPS) is 19.5. The van der Waals surface area contributed by atoms with E-state index in [4.69, 9.17) is 4.74 Å². The summed E-state index contributed by atoms with van der Waals surface area (Å²) in [4.78, 5) is 29.7. The summed E-state index contributed by atoms with van der Waals surface area (Å²) in [7, 11) is 1.64. The molecular formula is C24H33N5O3S. The third kappa shape index (κ3) is 5.51. The summed E-state index contributed by atoms with van der Waals surface area (Å²) in [6.07, 6.45) is 3.81. The highest BCUT2D eigenvalue weighted by Crippen LogP contribution is 2.26. The number of rotatable bonds is 6. The van der Waals surface area contributed by atoms with E-state index in [2.05, 4.69) is 17.1 Å². The Hall–Kier alpha value is -2.55. The van der Waals surface area contributed by atoms with Gasteiger partial charge < -0.3 is 14.5 Å². The van der Waals surface area contributed by atoms with Crippen molar-refractivity contribution in [2.24, 2.45) is 11.8 Å². The number of thioether (sulfide) groups is 1. The van der Waals surface area contributed by atoms with Crippen LogP contribution in [-0.2, 0) is 9.59 Å². The van der Waals surface area contributed by atoms with Crippen LogP contribution in [0, 0.1) is 18.8 Å². The minimum absolute atomic E-state index is 0.0489. The fraction of sp³-hybridized carbons (Fsp3) is 0.583. The molecule has 2 saturated heterocycles. The zero-order valence-electron chi connectivity index (χ0n) is 19.7. The molecule has 33 heavy (non-hydrogen) atoms. The quantitative estimate of drug-likeness (QED) is 0.602. The van der Waals surface area contributed by atoms with E-state index in [-0.39, 0.29) is 17.7 Å². The predicted molar refractivity (Wildman–Crippen MR) is 128 cm³/mol. The Balaban J connectivity index is 1.30. The van der Waals surface area contributed by atoms with Gasteiger partial charge in [-0.05, 0) is 62.8 Å². The Bertz CT molecular complexity index is 969. The van der Waals surface area contributed by atoms with Crippen LogP contribution < -0.4 is 4.74 Å². The summed E-state index contributed by atoms with van der Waals surface area (Å²) in [6.45, 7) is 7.16. The van der Waals surface area contributed by atoms with Crippen molar-refractivity contribution in [3.05, 3.63) is 30.1 Å². The predicted octanol–water partition coefficient (Wildman–Crippen LogP) is 3.17. The Morgan fingerprint density at radius 2 is 1.79 bits per heavy atom. The van der Waals surface area contributed by atoms with Crippen molar-refractivity contribution in [2.45, 2.75) is 44.7 Å². The topological polar surface area (TPSA) is 80.6 Å². The van der Waals surface area contributed by atoms with Crippen molar-refractivity contribution in [2.75, 3.05) is 39.0 Å². The second-order valence-corrected chi connectivity index (χ2v) is 9.98. The number of benzene rings is 1. The molecule has 2 amide bonds. The van der Waals surface area contributed by atoms with Crippen molar-refractivity contribution in [1.82, 2.24) is 24.6 Å². The van der Waals surface area contributed by atoms with Gasteiger partial charge in [0.15, 0.2) is 5.16 Å². The van der Waals surface area contributed by atoms with Crippen molar-refractivity contribution >= 4 is 23.6 Å². The number of nitrogens with zero attached hydrogens (tertiary/aromatic N) is 5. The molecule has 8 nitrogen and oxygen atoms in total. The molecule has 0 aliphatic carbocycles. The van der Waals surface area contributed by atoms with Crippen LogP contribution in [0.3, 0.4) is 0 Å². The van der Waals surface area contributed by atoms with Gasteiger partial charge in [-0.2, -0.15) is 0 Å². The van der Waals surface area contributed by atoms with Gasteiger partial charge in [0.1, 0.15) is 11.6 Å². The summed E-state index contributed by atoms with van der Waals surface area (Å²) < 4.78 is 7.18. The second-order valence-electron chi connectivity index (χ2n) is 9.04. The van der Waals surface area contributed by atoms with E-state index in [1.807, 2.05) is 45.6 Å². The van der Waals surface area contributed by atoms with E-state index in [0.717, 1.165) is 49.6 Å². The second kappa shape index (κ2) is 10.6. The molecule has 178 valence electrons. The largest absolute Gasteiger partial charge is 0.497 e. The average Bonchev–Trinajstić information content (AvgIpc) is 3.22. The number of likely N-dealkylation sites (tertiary alicyclic amines) is 2. The highest BCUT2D eigenvalue weighted by molar-refractivity contribution is 7.99. The smallest absolute Gasteiger partial charge is 0.233 e. The zero-order chi connectivity index (χ0) is 23.4. The van der Waals surface area contributed by atoms with Crippen LogP contribution in [-0.4, -0.2) is 75.4 Å². The highest BCUT2D eigenvalue weighted by atomic mass is 32.2. The SMILES string of the molecule is COc1ccc(-n2c(C)nnc2SCC(=O)N2CCC(C(=O)N3CCCC(C)C3)CC2)cc1. The maximum absolute atomic E-state index is 12.9. The number of methoxy groups -OCH3 is 1. The third-order valence-corrected chi connectivity index (χ3v) is 7.53. The van der Waals surface area contributed by atoms with E-state index < -0.39 is 0 Å². The molecule has 0 spiro atoms. The number of hydrogen-bond acceptors (Lipinski definition) is 6. The van der Waals surface area contributed by atoms with Crippen molar-refractivity contribution < 1.29 is 14.3 Å². The number of amides is 2. The molecule has 2 aromatic rings. The van der Waals surface area contributed by atoms with E-state index >= 15 is 0 Å². The van der Waals surface area contributed by atoms with Crippen molar-refractivity contribution in [3.8, 4) is 11.4 Å². The molecule has 1 atom stereocenters. The molecule has 0 saturated carbocycles. The molecule has 1 aromatic carbocycles. The number of aryl methyl sites for hydroxylation is 1. The summed E-state index contributed by atoms with van der Waals surface area (Å²) in [6, 6.07) is 7.69. The summed E-state index contributed by atoms with van der Waals surface area (Å²) >= 11 is 1.40. The zero-order valence-corrected chi connectivity index (χ0v) is 20.5. The van der Waals surface area contributed by atoms with E-state index in [1.54, 1.807) is 7.11 Å². The number of piperidine rings is 2. The van der Waals surface area contributed by atoms with Crippen molar-refractivity contribution in [3.63, 3.8) is 0 Å². The van der Waals surface area contributed by atoms with Gasteiger partial charge in [0.25, 0.3) is 0 Å². The molecule has 0 radical (unpaired) electrons.